The van der Waals surface area contributed by atoms with Crippen LogP contribution in [-0.4, -0.2) is 29.1 Å². The Morgan fingerprint density at radius 3 is 2.26 bits per heavy atom. The van der Waals surface area contributed by atoms with E-state index in [1.807, 2.05) is 30.3 Å². The van der Waals surface area contributed by atoms with E-state index in [0.717, 1.165) is 5.56 Å². The Morgan fingerprint density at radius 2 is 1.68 bits per heavy atom. The maximum absolute atomic E-state index is 11.6. The molecule has 0 aliphatic heterocycles. The zero-order valence-electron chi connectivity index (χ0n) is 10.5. The van der Waals surface area contributed by atoms with E-state index in [4.69, 9.17) is 21.3 Å². The summed E-state index contributed by atoms with van der Waals surface area (Å²) in [4.78, 5) is 22.1. The largest absolute Gasteiger partial charge is 0.480 e. The highest BCUT2D eigenvalue weighted by molar-refractivity contribution is 5.76. The van der Waals surface area contributed by atoms with Crippen molar-refractivity contribution in [1.82, 2.24) is 0 Å². The van der Waals surface area contributed by atoms with E-state index in [1.165, 1.54) is 0 Å². The van der Waals surface area contributed by atoms with Crippen LogP contribution in [0.5, 0.6) is 0 Å². The predicted octanol–water partition coefficient (Wildman–Crippen LogP) is 0.249. The van der Waals surface area contributed by atoms with Crippen molar-refractivity contribution in [2.45, 2.75) is 31.5 Å². The third-order valence-electron chi connectivity index (χ3n) is 2.63. The fourth-order valence-electron chi connectivity index (χ4n) is 1.44. The molecule has 0 aromatic heterocycles. The third-order valence-corrected chi connectivity index (χ3v) is 2.63. The molecule has 104 valence electrons. The highest BCUT2D eigenvalue weighted by Crippen LogP contribution is 2.04. The first kappa shape index (κ1) is 15.1. The van der Waals surface area contributed by atoms with Gasteiger partial charge in [0.1, 0.15) is 18.7 Å². The molecule has 0 unspecified atom stereocenters. The van der Waals surface area contributed by atoms with Crippen LogP contribution in [0.15, 0.2) is 30.3 Å². The average molecular weight is 266 g/mol. The van der Waals surface area contributed by atoms with Crippen LogP contribution in [0.25, 0.3) is 0 Å². The molecule has 0 amide bonds. The van der Waals surface area contributed by atoms with Gasteiger partial charge in [0.05, 0.1) is 0 Å². The smallest absolute Gasteiger partial charge is 0.323 e. The number of carboxylic acids is 1. The van der Waals surface area contributed by atoms with E-state index in [2.05, 4.69) is 0 Å². The fourth-order valence-corrected chi connectivity index (χ4v) is 1.44. The normalized spacial score (nSPS) is 13.6. The molecule has 2 atom stereocenters. The van der Waals surface area contributed by atoms with Crippen LogP contribution in [0.4, 0.5) is 0 Å². The van der Waals surface area contributed by atoms with Crippen molar-refractivity contribution in [3.8, 4) is 0 Å². The molecule has 0 aliphatic rings. The minimum Gasteiger partial charge on any atom is -0.480 e. The van der Waals surface area contributed by atoms with Crippen molar-refractivity contribution < 1.29 is 19.4 Å². The Bertz CT molecular complexity index is 422. The topological polar surface area (TPSA) is 116 Å². The second-order valence-electron chi connectivity index (χ2n) is 4.22. The first-order valence-corrected chi connectivity index (χ1v) is 5.95. The lowest BCUT2D eigenvalue weighted by Crippen LogP contribution is -2.36. The Balaban J connectivity index is 2.31. The number of carbonyl (C=O) groups excluding carboxylic acids is 1. The number of esters is 1. The molecular formula is C13H18N2O4. The Morgan fingerprint density at radius 1 is 1.11 bits per heavy atom. The van der Waals surface area contributed by atoms with E-state index >= 15 is 0 Å². The van der Waals surface area contributed by atoms with Crippen molar-refractivity contribution in [3.05, 3.63) is 35.9 Å². The molecule has 1 rings (SSSR count). The Kier molecular flexibility index (Phi) is 5.98. The van der Waals surface area contributed by atoms with Crippen molar-refractivity contribution in [3.63, 3.8) is 0 Å². The van der Waals surface area contributed by atoms with E-state index in [-0.39, 0.29) is 19.4 Å². The molecule has 0 aliphatic carbocycles. The lowest BCUT2D eigenvalue weighted by atomic mass is 10.1. The lowest BCUT2D eigenvalue weighted by molar-refractivity contribution is -0.147. The van der Waals surface area contributed by atoms with E-state index in [9.17, 15) is 9.59 Å². The molecule has 0 saturated heterocycles. The van der Waals surface area contributed by atoms with Crippen LogP contribution in [0.1, 0.15) is 18.4 Å². The molecule has 0 bridgehead atoms. The van der Waals surface area contributed by atoms with Crippen LogP contribution in [0.3, 0.4) is 0 Å². The van der Waals surface area contributed by atoms with E-state index in [1.54, 1.807) is 0 Å². The number of hydrogen-bond donors (Lipinski definition) is 3. The standard InChI is InChI=1S/C13H18N2O4/c14-10(12(16)17)6-7-11(15)13(18)19-8-9-4-2-1-3-5-9/h1-5,10-11H,6-8,14-15H2,(H,16,17)/t10-,11+/m1/s1. The van der Waals surface area contributed by atoms with Gasteiger partial charge in [-0.1, -0.05) is 30.3 Å². The highest BCUT2D eigenvalue weighted by Gasteiger charge is 2.19. The minimum atomic E-state index is -1.11. The highest BCUT2D eigenvalue weighted by atomic mass is 16.5. The van der Waals surface area contributed by atoms with Gasteiger partial charge in [-0.05, 0) is 18.4 Å². The monoisotopic (exact) mass is 266 g/mol. The summed E-state index contributed by atoms with van der Waals surface area (Å²) in [5.41, 5.74) is 11.8. The van der Waals surface area contributed by atoms with Gasteiger partial charge in [0, 0.05) is 0 Å². The number of rotatable bonds is 7. The number of carboxylic acid groups (broad SMARTS) is 1. The molecule has 6 nitrogen and oxygen atoms in total. The second kappa shape index (κ2) is 7.50. The maximum atomic E-state index is 11.6. The van der Waals surface area contributed by atoms with Gasteiger partial charge in [-0.2, -0.15) is 0 Å². The summed E-state index contributed by atoms with van der Waals surface area (Å²) in [6, 6.07) is 7.36. The summed E-state index contributed by atoms with van der Waals surface area (Å²) in [6.07, 6.45) is 0.317. The quantitative estimate of drug-likeness (QED) is 0.609. The van der Waals surface area contributed by atoms with Gasteiger partial charge in [0.25, 0.3) is 0 Å². The summed E-state index contributed by atoms with van der Waals surface area (Å²) < 4.78 is 5.03. The van der Waals surface area contributed by atoms with Crippen LogP contribution in [0, 0.1) is 0 Å². The average Bonchev–Trinajstić information content (AvgIpc) is 2.42. The Hall–Kier alpha value is -1.92. The molecule has 19 heavy (non-hydrogen) atoms. The summed E-state index contributed by atoms with van der Waals surface area (Å²) in [5.74, 6) is -1.66. The van der Waals surface area contributed by atoms with Crippen molar-refractivity contribution in [2.75, 3.05) is 0 Å². The first-order valence-electron chi connectivity index (χ1n) is 5.95. The SMILES string of the molecule is N[C@H](CC[C@H](N)C(=O)OCc1ccccc1)C(=O)O. The number of ether oxygens (including phenoxy) is 1. The van der Waals surface area contributed by atoms with Crippen LogP contribution < -0.4 is 11.5 Å². The van der Waals surface area contributed by atoms with Gasteiger partial charge in [-0.25, -0.2) is 0 Å². The molecule has 0 fully saturated rings. The maximum Gasteiger partial charge on any atom is 0.323 e. The van der Waals surface area contributed by atoms with Crippen LogP contribution >= 0.6 is 0 Å². The molecule has 1 aromatic rings. The molecule has 0 spiro atoms. The number of benzene rings is 1. The summed E-state index contributed by atoms with van der Waals surface area (Å²) in [5, 5.41) is 8.60. The van der Waals surface area contributed by atoms with Crippen molar-refractivity contribution >= 4 is 11.9 Å². The van der Waals surface area contributed by atoms with Crippen molar-refractivity contribution in [2.24, 2.45) is 11.5 Å². The van der Waals surface area contributed by atoms with Gasteiger partial charge in [0.15, 0.2) is 0 Å². The van der Waals surface area contributed by atoms with E-state index < -0.39 is 24.0 Å². The number of carbonyl (C=O) groups is 2. The van der Waals surface area contributed by atoms with Gasteiger partial charge in [-0.3, -0.25) is 9.59 Å². The summed E-state index contributed by atoms with van der Waals surface area (Å²) in [7, 11) is 0. The lowest BCUT2D eigenvalue weighted by Gasteiger charge is -2.12. The van der Waals surface area contributed by atoms with Crippen LogP contribution in [0.2, 0.25) is 0 Å². The third kappa shape index (κ3) is 5.50. The van der Waals surface area contributed by atoms with Gasteiger partial charge < -0.3 is 21.3 Å². The van der Waals surface area contributed by atoms with Gasteiger partial charge in [0.2, 0.25) is 0 Å². The second-order valence-corrected chi connectivity index (χ2v) is 4.22. The molecule has 1 aromatic carbocycles. The fraction of sp³-hybridized carbons (Fsp3) is 0.385. The van der Waals surface area contributed by atoms with Crippen LogP contribution in [-0.2, 0) is 20.9 Å². The summed E-state index contributed by atoms with van der Waals surface area (Å²) >= 11 is 0. The molecule has 0 saturated carbocycles. The summed E-state index contributed by atoms with van der Waals surface area (Å²) in [6.45, 7) is 0.151. The molecule has 0 heterocycles. The number of nitrogens with two attached hydrogens (primary N) is 2. The molecule has 6 heteroatoms. The number of aliphatic carboxylic acids is 1. The van der Waals surface area contributed by atoms with Gasteiger partial charge >= 0.3 is 11.9 Å². The zero-order valence-corrected chi connectivity index (χ0v) is 10.5. The Labute approximate surface area is 111 Å². The minimum absolute atomic E-state index is 0.136. The number of hydrogen-bond acceptors (Lipinski definition) is 5. The van der Waals surface area contributed by atoms with Gasteiger partial charge in [-0.15, -0.1) is 0 Å². The predicted molar refractivity (Wildman–Crippen MR) is 69.1 cm³/mol. The van der Waals surface area contributed by atoms with E-state index in [0.29, 0.717) is 0 Å². The molecule has 0 radical (unpaired) electrons. The zero-order chi connectivity index (χ0) is 14.3. The first-order chi connectivity index (χ1) is 9.00. The van der Waals surface area contributed by atoms with Crippen molar-refractivity contribution in [1.29, 1.82) is 0 Å². The molecular weight excluding hydrogens is 248 g/mol. The molecule has 5 N–H and O–H groups in total.